The fourth-order valence-corrected chi connectivity index (χ4v) is 1.42. The van der Waals surface area contributed by atoms with Gasteiger partial charge in [-0.05, 0) is 35.9 Å². The number of rotatable bonds is 5. The average molecular weight is 274 g/mol. The second kappa shape index (κ2) is 5.70. The van der Waals surface area contributed by atoms with E-state index < -0.39 is 0 Å². The van der Waals surface area contributed by atoms with Crippen LogP contribution < -0.4 is 5.43 Å². The van der Waals surface area contributed by atoms with Crippen molar-refractivity contribution in [2.24, 2.45) is 5.10 Å². The number of nitrogens with zero attached hydrogens (tertiary/aromatic N) is 2. The number of aromatic hydroxyl groups is 1. The van der Waals surface area contributed by atoms with Crippen molar-refractivity contribution in [3.8, 4) is 5.75 Å². The minimum atomic E-state index is -0.375. The van der Waals surface area contributed by atoms with Crippen LogP contribution in [0.15, 0.2) is 52.5 Å². The Morgan fingerprint density at radius 1 is 1.30 bits per heavy atom. The molecule has 0 amide bonds. The number of nitrogens with one attached hydrogen (secondary N) is 1. The third kappa shape index (κ3) is 3.22. The van der Waals surface area contributed by atoms with E-state index in [4.69, 9.17) is 14.7 Å². The van der Waals surface area contributed by atoms with Gasteiger partial charge in [0.15, 0.2) is 5.76 Å². The molecular weight excluding hydrogens is 262 g/mol. The molecule has 0 unspecified atom stereocenters. The van der Waals surface area contributed by atoms with Crippen molar-refractivity contribution in [1.29, 1.82) is 0 Å². The molecule has 102 valence electrons. The van der Waals surface area contributed by atoms with E-state index in [0.29, 0.717) is 11.5 Å². The molecule has 0 spiro atoms. The highest BCUT2D eigenvalue weighted by molar-refractivity contribution is 5.76. The number of hydrazone groups is 1. The summed E-state index contributed by atoms with van der Waals surface area (Å²) < 4.78 is 4.96. The highest BCUT2D eigenvalue weighted by Gasteiger charge is 2.16. The normalized spacial score (nSPS) is 10.6. The average Bonchev–Trinajstić information content (AvgIpc) is 2.88. The fraction of sp³-hybridized carbons (Fsp3) is 0. The molecule has 1 heterocycles. The SMILES string of the molecule is C=C(N/N=C/c1ccc([N+](=O)O)o1)c1ccc(O)cc1. The summed E-state index contributed by atoms with van der Waals surface area (Å²) in [5, 5.41) is 21.7. The van der Waals surface area contributed by atoms with E-state index in [1.165, 1.54) is 30.5 Å². The molecule has 0 radical (unpaired) electrons. The van der Waals surface area contributed by atoms with Crippen molar-refractivity contribution in [3.05, 3.63) is 59.2 Å². The first-order valence-electron chi connectivity index (χ1n) is 5.59. The smallest absolute Gasteiger partial charge is 0.480 e. The number of furan rings is 1. The maximum atomic E-state index is 10.5. The van der Waals surface area contributed by atoms with E-state index in [0.717, 1.165) is 5.56 Å². The van der Waals surface area contributed by atoms with Gasteiger partial charge in [-0.3, -0.25) is 5.43 Å². The van der Waals surface area contributed by atoms with Crippen molar-refractivity contribution in [1.82, 2.24) is 5.43 Å². The molecular formula is C13H12N3O4+. The monoisotopic (exact) mass is 274 g/mol. The molecule has 0 saturated carbocycles. The molecule has 3 N–H and O–H groups in total. The van der Waals surface area contributed by atoms with Crippen molar-refractivity contribution in [3.63, 3.8) is 0 Å². The van der Waals surface area contributed by atoms with Gasteiger partial charge in [0.2, 0.25) is 0 Å². The Hall–Kier alpha value is -3.09. The molecule has 0 aliphatic rings. The number of hydrogen-bond acceptors (Lipinski definition) is 5. The summed E-state index contributed by atoms with van der Waals surface area (Å²) in [7, 11) is 0. The summed E-state index contributed by atoms with van der Waals surface area (Å²) in [6.07, 6.45) is 1.33. The Morgan fingerprint density at radius 2 is 2.00 bits per heavy atom. The third-order valence-corrected chi connectivity index (χ3v) is 2.41. The Morgan fingerprint density at radius 3 is 2.60 bits per heavy atom. The largest absolute Gasteiger partial charge is 0.508 e. The van der Waals surface area contributed by atoms with Crippen LogP contribution in [0.3, 0.4) is 0 Å². The molecule has 7 heteroatoms. The quantitative estimate of drug-likeness (QED) is 0.574. The van der Waals surface area contributed by atoms with Crippen LogP contribution >= 0.6 is 0 Å². The Balaban J connectivity index is 1.97. The summed E-state index contributed by atoms with van der Waals surface area (Å²) in [5.74, 6) is 0.226. The minimum absolute atomic E-state index is 0.166. The van der Waals surface area contributed by atoms with E-state index in [1.54, 1.807) is 12.1 Å². The first kappa shape index (κ1) is 13.3. The van der Waals surface area contributed by atoms with Crippen LogP contribution in [0.25, 0.3) is 5.70 Å². The van der Waals surface area contributed by atoms with Gasteiger partial charge in [0.1, 0.15) is 5.75 Å². The van der Waals surface area contributed by atoms with Crippen LogP contribution in [0.4, 0.5) is 5.88 Å². The molecule has 1 aromatic carbocycles. The lowest BCUT2D eigenvalue weighted by Crippen LogP contribution is -2.03. The Kier molecular flexibility index (Phi) is 3.80. The molecule has 20 heavy (non-hydrogen) atoms. The summed E-state index contributed by atoms with van der Waals surface area (Å²) in [6, 6.07) is 9.23. The summed E-state index contributed by atoms with van der Waals surface area (Å²) in [6.45, 7) is 3.78. The summed E-state index contributed by atoms with van der Waals surface area (Å²) >= 11 is 0. The van der Waals surface area contributed by atoms with Gasteiger partial charge in [-0.2, -0.15) is 5.10 Å². The predicted molar refractivity (Wildman–Crippen MR) is 71.7 cm³/mol. The molecule has 2 aromatic rings. The topological polar surface area (TPSA) is 98.1 Å². The molecule has 0 fully saturated rings. The lowest BCUT2D eigenvalue weighted by Gasteiger charge is -2.04. The number of phenolic OH excluding ortho intramolecular Hbond substituents is 1. The highest BCUT2D eigenvalue weighted by atomic mass is 16.6. The minimum Gasteiger partial charge on any atom is -0.508 e. The second-order valence-corrected chi connectivity index (χ2v) is 3.84. The van der Waals surface area contributed by atoms with Crippen LogP contribution in [0.2, 0.25) is 0 Å². The van der Waals surface area contributed by atoms with Gasteiger partial charge in [0.05, 0.1) is 22.9 Å². The molecule has 0 bridgehead atoms. The van der Waals surface area contributed by atoms with E-state index >= 15 is 0 Å². The van der Waals surface area contributed by atoms with E-state index in [9.17, 15) is 4.91 Å². The molecule has 0 saturated heterocycles. The van der Waals surface area contributed by atoms with Gasteiger partial charge < -0.3 is 9.52 Å². The number of hydrogen-bond donors (Lipinski definition) is 3. The van der Waals surface area contributed by atoms with Crippen LogP contribution in [0.1, 0.15) is 11.3 Å². The van der Waals surface area contributed by atoms with Crippen molar-refractivity contribution < 1.29 is 19.7 Å². The van der Waals surface area contributed by atoms with Crippen LogP contribution in [0.5, 0.6) is 5.75 Å². The maximum absolute atomic E-state index is 10.5. The molecule has 1 aromatic heterocycles. The lowest BCUT2D eigenvalue weighted by atomic mass is 10.2. The number of phenols is 1. The van der Waals surface area contributed by atoms with Crippen molar-refractivity contribution in [2.45, 2.75) is 0 Å². The second-order valence-electron chi connectivity index (χ2n) is 3.84. The summed E-state index contributed by atoms with van der Waals surface area (Å²) in [5.41, 5.74) is 3.98. The van der Waals surface area contributed by atoms with Crippen LogP contribution in [-0.4, -0.2) is 21.5 Å². The Labute approximate surface area is 114 Å². The van der Waals surface area contributed by atoms with Gasteiger partial charge in [-0.25, -0.2) is 5.21 Å². The zero-order valence-corrected chi connectivity index (χ0v) is 10.4. The van der Waals surface area contributed by atoms with Crippen LogP contribution in [-0.2, 0) is 0 Å². The van der Waals surface area contributed by atoms with Gasteiger partial charge in [0.25, 0.3) is 4.92 Å². The molecule has 7 nitrogen and oxygen atoms in total. The van der Waals surface area contributed by atoms with Gasteiger partial charge in [-0.1, -0.05) is 6.58 Å². The van der Waals surface area contributed by atoms with Gasteiger partial charge in [-0.15, -0.1) is 0 Å². The molecule has 2 rings (SSSR count). The van der Waals surface area contributed by atoms with Gasteiger partial charge >= 0.3 is 5.88 Å². The van der Waals surface area contributed by atoms with E-state index in [2.05, 4.69) is 17.1 Å². The first-order valence-corrected chi connectivity index (χ1v) is 5.59. The molecule has 0 aliphatic carbocycles. The number of benzene rings is 1. The zero-order chi connectivity index (χ0) is 14.5. The summed E-state index contributed by atoms with van der Waals surface area (Å²) in [4.78, 5) is 10.2. The molecule has 0 atom stereocenters. The fourth-order valence-electron chi connectivity index (χ4n) is 1.42. The standard InChI is InChI=1S/C13H11N3O4/c1-9(10-2-4-11(17)5-3-10)15-14-8-12-6-7-13(20-12)16(18)19/h2-8,15H,1H2,(H-,17,18,19)/p+1/b14-8+. The van der Waals surface area contributed by atoms with Crippen LogP contribution in [0, 0.1) is 4.91 Å². The zero-order valence-electron chi connectivity index (χ0n) is 10.4. The lowest BCUT2D eigenvalue weighted by molar-refractivity contribution is -0.737. The predicted octanol–water partition coefficient (Wildman–Crippen LogP) is 2.38. The highest BCUT2D eigenvalue weighted by Crippen LogP contribution is 2.15. The molecule has 0 aliphatic heterocycles. The van der Waals surface area contributed by atoms with E-state index in [-0.39, 0.29) is 16.6 Å². The van der Waals surface area contributed by atoms with Gasteiger partial charge in [0, 0.05) is 0 Å². The first-order chi connectivity index (χ1) is 9.56. The van der Waals surface area contributed by atoms with Crippen molar-refractivity contribution in [2.75, 3.05) is 0 Å². The third-order valence-electron chi connectivity index (χ3n) is 2.41. The maximum Gasteiger partial charge on any atom is 0.480 e. The Bertz CT molecular complexity index is 659. The van der Waals surface area contributed by atoms with Crippen molar-refractivity contribution >= 4 is 17.8 Å². The van der Waals surface area contributed by atoms with E-state index in [1.807, 2.05) is 0 Å².